The van der Waals surface area contributed by atoms with Gasteiger partial charge in [-0.15, -0.1) is 0 Å². The van der Waals surface area contributed by atoms with Crippen LogP contribution in [0.1, 0.15) is 40.8 Å². The van der Waals surface area contributed by atoms with Crippen molar-refractivity contribution in [3.8, 4) is 0 Å². The van der Waals surface area contributed by atoms with Crippen LogP contribution in [-0.4, -0.2) is 31.6 Å². The van der Waals surface area contributed by atoms with Gasteiger partial charge in [-0.25, -0.2) is 0 Å². The summed E-state index contributed by atoms with van der Waals surface area (Å²) in [7, 11) is 1.67. The highest BCUT2D eigenvalue weighted by atomic mass is 35.5. The number of aryl methyl sites for hydroxylation is 1. The van der Waals surface area contributed by atoms with Gasteiger partial charge in [0.25, 0.3) is 5.91 Å². The molecular formula is C34H33ClN2O4. The molecule has 210 valence electrons. The van der Waals surface area contributed by atoms with Gasteiger partial charge >= 0.3 is 5.97 Å². The fourth-order valence-electron chi connectivity index (χ4n) is 5.46. The molecule has 41 heavy (non-hydrogen) atoms. The van der Waals surface area contributed by atoms with Gasteiger partial charge in [-0.05, 0) is 48.2 Å². The minimum Gasteiger partial charge on any atom is -0.465 e. The van der Waals surface area contributed by atoms with E-state index >= 15 is 0 Å². The van der Waals surface area contributed by atoms with E-state index in [4.69, 9.17) is 21.1 Å². The average molecular weight is 569 g/mol. The third-order valence-electron chi connectivity index (χ3n) is 7.59. The number of hydrogen-bond acceptors (Lipinski definition) is 5. The van der Waals surface area contributed by atoms with Crippen molar-refractivity contribution in [2.24, 2.45) is 0 Å². The maximum Gasteiger partial charge on any atom is 0.327 e. The molecule has 1 aliphatic rings. The Hall–Kier alpha value is -3.97. The van der Waals surface area contributed by atoms with E-state index in [0.717, 1.165) is 22.3 Å². The summed E-state index contributed by atoms with van der Waals surface area (Å²) in [5, 5.41) is 4.01. The number of fused-ring (bicyclic) bond motifs is 1. The molecule has 1 N–H and O–H groups in total. The number of anilines is 1. The first-order valence-corrected chi connectivity index (χ1v) is 14.0. The summed E-state index contributed by atoms with van der Waals surface area (Å²) < 4.78 is 12.3. The van der Waals surface area contributed by atoms with Gasteiger partial charge in [0.1, 0.15) is 6.04 Å². The highest BCUT2D eigenvalue weighted by molar-refractivity contribution is 6.31. The van der Waals surface area contributed by atoms with Gasteiger partial charge in [0, 0.05) is 17.6 Å². The quantitative estimate of drug-likeness (QED) is 0.226. The molecule has 1 amide bonds. The summed E-state index contributed by atoms with van der Waals surface area (Å²) in [5.74, 6) is -0.965. The molecule has 6 nitrogen and oxygen atoms in total. The molecule has 1 aliphatic heterocycles. The summed E-state index contributed by atoms with van der Waals surface area (Å²) in [5.41, 5.74) is 3.19. The summed E-state index contributed by atoms with van der Waals surface area (Å²) in [4.78, 5) is 29.9. The summed E-state index contributed by atoms with van der Waals surface area (Å²) >= 11 is 6.37. The van der Waals surface area contributed by atoms with Crippen molar-refractivity contribution in [2.45, 2.75) is 38.1 Å². The van der Waals surface area contributed by atoms with Gasteiger partial charge in [0.05, 0.1) is 24.9 Å². The molecule has 0 fully saturated rings. The third kappa shape index (κ3) is 5.51. The Kier molecular flexibility index (Phi) is 8.54. The van der Waals surface area contributed by atoms with Crippen LogP contribution in [0.5, 0.6) is 0 Å². The Morgan fingerprint density at radius 3 is 2.15 bits per heavy atom. The number of amides is 1. The maximum atomic E-state index is 14.4. The van der Waals surface area contributed by atoms with Gasteiger partial charge in [-0.3, -0.25) is 14.9 Å². The number of carbonyl (C=O) groups excluding carboxylic acids is 2. The second kappa shape index (κ2) is 12.3. The molecule has 2 atom stereocenters. The van der Waals surface area contributed by atoms with Crippen molar-refractivity contribution in [2.75, 3.05) is 18.6 Å². The average Bonchev–Trinajstić information content (AvgIpc) is 3.20. The predicted molar refractivity (Wildman–Crippen MR) is 161 cm³/mol. The smallest absolute Gasteiger partial charge is 0.327 e. The molecule has 4 aromatic carbocycles. The van der Waals surface area contributed by atoms with Crippen molar-refractivity contribution < 1.29 is 19.1 Å². The number of hydrogen-bond donors (Lipinski definition) is 1. The number of halogens is 1. The van der Waals surface area contributed by atoms with E-state index in [0.29, 0.717) is 16.3 Å². The molecule has 0 aromatic heterocycles. The van der Waals surface area contributed by atoms with Crippen LogP contribution in [0.3, 0.4) is 0 Å². The minimum absolute atomic E-state index is 0.104. The number of benzene rings is 4. The Balaban J connectivity index is 1.69. The van der Waals surface area contributed by atoms with Crippen LogP contribution < -0.4 is 10.2 Å². The lowest BCUT2D eigenvalue weighted by Gasteiger charge is -2.38. The van der Waals surface area contributed by atoms with Gasteiger partial charge in [0.2, 0.25) is 0 Å². The van der Waals surface area contributed by atoms with Crippen LogP contribution >= 0.6 is 11.6 Å². The number of likely N-dealkylation sites (N-methyl/N-ethyl adjacent to an activating group) is 1. The predicted octanol–water partition coefficient (Wildman–Crippen LogP) is 6.35. The van der Waals surface area contributed by atoms with Crippen LogP contribution in [-0.2, 0) is 31.3 Å². The van der Waals surface area contributed by atoms with E-state index in [2.05, 4.69) is 5.32 Å². The molecular weight excluding hydrogens is 536 g/mol. The fourth-order valence-corrected chi connectivity index (χ4v) is 5.62. The molecule has 0 aliphatic carbocycles. The van der Waals surface area contributed by atoms with E-state index < -0.39 is 23.7 Å². The topological polar surface area (TPSA) is 67.9 Å². The Morgan fingerprint density at radius 2 is 1.54 bits per heavy atom. The lowest BCUT2D eigenvalue weighted by Crippen LogP contribution is -2.60. The first kappa shape index (κ1) is 28.6. The van der Waals surface area contributed by atoms with E-state index in [9.17, 15) is 9.59 Å². The van der Waals surface area contributed by atoms with Crippen LogP contribution in [0.2, 0.25) is 5.02 Å². The fraction of sp³-hybridized carbons (Fsp3) is 0.235. The van der Waals surface area contributed by atoms with Crippen molar-refractivity contribution in [3.05, 3.63) is 136 Å². The largest absolute Gasteiger partial charge is 0.465 e. The number of ether oxygens (including phenoxy) is 2. The van der Waals surface area contributed by atoms with Crippen molar-refractivity contribution in [1.29, 1.82) is 0 Å². The van der Waals surface area contributed by atoms with Crippen LogP contribution in [0, 0.1) is 6.92 Å². The number of nitrogens with zero attached hydrogens (tertiary/aromatic N) is 1. The highest BCUT2D eigenvalue weighted by Gasteiger charge is 2.60. The molecule has 7 heteroatoms. The lowest BCUT2D eigenvalue weighted by atomic mass is 9.85. The molecule has 0 unspecified atom stereocenters. The van der Waals surface area contributed by atoms with E-state index in [1.54, 1.807) is 32.2 Å². The molecule has 0 saturated heterocycles. The second-order valence-corrected chi connectivity index (χ2v) is 10.5. The van der Waals surface area contributed by atoms with Gasteiger partial charge < -0.3 is 14.4 Å². The van der Waals surface area contributed by atoms with Gasteiger partial charge in [-0.1, -0.05) is 103 Å². The maximum absolute atomic E-state index is 14.4. The zero-order valence-electron chi connectivity index (χ0n) is 23.3. The molecule has 0 bridgehead atoms. The molecule has 5 rings (SSSR count). The van der Waals surface area contributed by atoms with Crippen LogP contribution in [0.25, 0.3) is 0 Å². The zero-order valence-corrected chi connectivity index (χ0v) is 24.1. The molecule has 1 heterocycles. The van der Waals surface area contributed by atoms with Crippen LogP contribution in [0.4, 0.5) is 5.69 Å². The van der Waals surface area contributed by atoms with Crippen molar-refractivity contribution >= 4 is 29.2 Å². The standard InChI is InChI=1S/C34H33ClN2O4/c1-4-40-32(38)31(36-30(24-14-7-5-8-15-24)25-16-9-6-10-17-25)34(41-22-26-18-12-11-13-23(26)2)28-20-19-27(35)21-29(28)37(3)33(34)39/h5-21,30-31,36H,4,22H2,1-3H3/t31-,34+/m1/s1. The Labute approximate surface area is 245 Å². The highest BCUT2D eigenvalue weighted by Crippen LogP contribution is 2.47. The van der Waals surface area contributed by atoms with Gasteiger partial charge in [0.15, 0.2) is 5.60 Å². The number of rotatable bonds is 10. The van der Waals surface area contributed by atoms with Crippen molar-refractivity contribution in [1.82, 2.24) is 5.32 Å². The van der Waals surface area contributed by atoms with E-state index in [1.165, 1.54) is 4.90 Å². The lowest BCUT2D eigenvalue weighted by molar-refractivity contribution is -0.169. The number of nitrogens with one attached hydrogen (secondary N) is 1. The normalized spacial score (nSPS) is 17.0. The summed E-state index contributed by atoms with van der Waals surface area (Å²) in [6.07, 6.45) is 0. The number of carbonyl (C=O) groups is 2. The van der Waals surface area contributed by atoms with Crippen molar-refractivity contribution in [3.63, 3.8) is 0 Å². The SMILES string of the molecule is CCOC(=O)[C@@H](NC(c1ccccc1)c1ccccc1)[C@]1(OCc2ccccc2C)C(=O)N(C)c2cc(Cl)ccc21. The number of esters is 1. The zero-order chi connectivity index (χ0) is 29.0. The monoisotopic (exact) mass is 568 g/mol. The molecule has 0 spiro atoms. The summed E-state index contributed by atoms with van der Waals surface area (Å²) in [6.45, 7) is 3.98. The molecule has 0 saturated carbocycles. The molecule has 4 aromatic rings. The minimum atomic E-state index is -1.73. The first-order valence-electron chi connectivity index (χ1n) is 13.7. The first-order chi connectivity index (χ1) is 19.9. The third-order valence-corrected chi connectivity index (χ3v) is 7.82. The molecule has 0 radical (unpaired) electrons. The van der Waals surface area contributed by atoms with Gasteiger partial charge in [-0.2, -0.15) is 0 Å². The van der Waals surface area contributed by atoms with E-state index in [1.807, 2.05) is 91.9 Å². The summed E-state index contributed by atoms with van der Waals surface area (Å²) in [6, 6.07) is 31.0. The Bertz CT molecular complexity index is 1490. The van der Waals surface area contributed by atoms with Crippen LogP contribution in [0.15, 0.2) is 103 Å². The second-order valence-electron chi connectivity index (χ2n) is 10.1. The van der Waals surface area contributed by atoms with E-state index in [-0.39, 0.29) is 19.1 Å². The Morgan fingerprint density at radius 1 is 0.927 bits per heavy atom.